The first-order valence-electron chi connectivity index (χ1n) is 6.81. The van der Waals surface area contributed by atoms with Crippen LogP contribution >= 0.6 is 31.9 Å². The van der Waals surface area contributed by atoms with Crippen molar-refractivity contribution in [3.05, 3.63) is 22.2 Å². The van der Waals surface area contributed by atoms with E-state index >= 15 is 0 Å². The van der Waals surface area contributed by atoms with Gasteiger partial charge < -0.3 is 9.47 Å². The van der Waals surface area contributed by atoms with Crippen LogP contribution < -0.4 is 9.47 Å². The average molecular weight is 392 g/mol. The maximum absolute atomic E-state index is 5.75. The Morgan fingerprint density at radius 3 is 2.37 bits per heavy atom. The first-order valence-corrected chi connectivity index (χ1v) is 8.52. The van der Waals surface area contributed by atoms with Crippen molar-refractivity contribution in [2.24, 2.45) is 5.92 Å². The lowest BCUT2D eigenvalue weighted by Gasteiger charge is -2.16. The van der Waals surface area contributed by atoms with Crippen LogP contribution in [0.15, 0.2) is 16.6 Å². The minimum Gasteiger partial charge on any atom is -0.490 e. The van der Waals surface area contributed by atoms with Gasteiger partial charge in [-0.05, 0) is 36.5 Å². The first-order chi connectivity index (χ1) is 9.08. The van der Waals surface area contributed by atoms with Crippen molar-refractivity contribution in [1.82, 2.24) is 0 Å². The number of fused-ring (bicyclic) bond motifs is 1. The molecule has 1 atom stereocenters. The van der Waals surface area contributed by atoms with Crippen molar-refractivity contribution in [3.8, 4) is 11.5 Å². The van der Waals surface area contributed by atoms with Crippen LogP contribution in [-0.2, 0) is 0 Å². The van der Waals surface area contributed by atoms with Gasteiger partial charge in [-0.3, -0.25) is 0 Å². The molecule has 1 aromatic rings. The van der Waals surface area contributed by atoms with Gasteiger partial charge in [-0.1, -0.05) is 45.7 Å². The summed E-state index contributed by atoms with van der Waals surface area (Å²) in [4.78, 5) is 0.349. The number of hydrogen-bond acceptors (Lipinski definition) is 2. The molecular weight excluding hydrogens is 372 g/mol. The lowest BCUT2D eigenvalue weighted by molar-refractivity contribution is 0.297. The van der Waals surface area contributed by atoms with Gasteiger partial charge in [0.2, 0.25) is 0 Å². The normalized spacial score (nSPS) is 16.3. The molecule has 19 heavy (non-hydrogen) atoms. The molecule has 1 heterocycles. The van der Waals surface area contributed by atoms with Crippen LogP contribution in [0.1, 0.15) is 43.5 Å². The Balaban J connectivity index is 2.18. The molecule has 1 aliphatic rings. The third kappa shape index (κ3) is 4.12. The van der Waals surface area contributed by atoms with E-state index < -0.39 is 0 Å². The second-order valence-electron chi connectivity index (χ2n) is 5.31. The Bertz CT molecular complexity index is 432. The molecule has 0 aliphatic carbocycles. The SMILES string of the molecule is CC(C)CCC(Br)c1cc2c(cc1Br)OCCCO2. The van der Waals surface area contributed by atoms with Gasteiger partial charge in [-0.25, -0.2) is 0 Å². The highest BCUT2D eigenvalue weighted by molar-refractivity contribution is 9.11. The molecule has 4 heteroatoms. The fourth-order valence-electron chi connectivity index (χ4n) is 2.07. The van der Waals surface area contributed by atoms with E-state index in [1.807, 2.05) is 6.07 Å². The van der Waals surface area contributed by atoms with E-state index in [0.29, 0.717) is 4.83 Å². The number of ether oxygens (including phenoxy) is 2. The molecule has 0 saturated heterocycles. The van der Waals surface area contributed by atoms with Crippen molar-refractivity contribution in [3.63, 3.8) is 0 Å². The highest BCUT2D eigenvalue weighted by atomic mass is 79.9. The fourth-order valence-corrected chi connectivity index (χ4v) is 3.62. The molecule has 0 fully saturated rings. The van der Waals surface area contributed by atoms with Crippen LogP contribution in [0.4, 0.5) is 0 Å². The Kier molecular flexibility index (Phi) is 5.58. The van der Waals surface area contributed by atoms with Crippen LogP contribution in [0.5, 0.6) is 11.5 Å². The maximum atomic E-state index is 5.75. The molecule has 1 aromatic carbocycles. The quantitative estimate of drug-likeness (QED) is 0.632. The maximum Gasteiger partial charge on any atom is 0.162 e. The molecule has 1 aliphatic heterocycles. The number of halogens is 2. The zero-order chi connectivity index (χ0) is 13.8. The standard InChI is InChI=1S/C15H20Br2O2/c1-10(2)4-5-12(16)11-8-14-15(9-13(11)17)19-7-3-6-18-14/h8-10,12H,3-7H2,1-2H3. The van der Waals surface area contributed by atoms with Crippen LogP contribution in [0.2, 0.25) is 0 Å². The molecule has 0 amide bonds. The van der Waals surface area contributed by atoms with Gasteiger partial charge in [-0.15, -0.1) is 0 Å². The third-order valence-corrected chi connectivity index (χ3v) is 4.84. The summed E-state index contributed by atoms with van der Waals surface area (Å²) in [6, 6.07) is 4.13. The summed E-state index contributed by atoms with van der Waals surface area (Å²) in [5.41, 5.74) is 1.24. The lowest BCUT2D eigenvalue weighted by Crippen LogP contribution is -1.98. The van der Waals surface area contributed by atoms with E-state index in [1.54, 1.807) is 0 Å². The zero-order valence-electron chi connectivity index (χ0n) is 11.4. The molecule has 0 radical (unpaired) electrons. The second kappa shape index (κ2) is 6.98. The van der Waals surface area contributed by atoms with E-state index in [-0.39, 0.29) is 0 Å². The van der Waals surface area contributed by atoms with Crippen molar-refractivity contribution >= 4 is 31.9 Å². The molecule has 106 valence electrons. The minimum absolute atomic E-state index is 0.349. The summed E-state index contributed by atoms with van der Waals surface area (Å²) in [5.74, 6) is 2.43. The zero-order valence-corrected chi connectivity index (χ0v) is 14.6. The molecule has 0 saturated carbocycles. The Morgan fingerprint density at radius 1 is 1.11 bits per heavy atom. The lowest BCUT2D eigenvalue weighted by atomic mass is 10.0. The first kappa shape index (κ1) is 15.2. The van der Waals surface area contributed by atoms with E-state index in [0.717, 1.165) is 47.9 Å². The summed E-state index contributed by atoms with van der Waals surface area (Å²) in [6.45, 7) is 5.96. The van der Waals surface area contributed by atoms with Gasteiger partial charge in [0.1, 0.15) is 0 Å². The molecule has 0 spiro atoms. The summed E-state index contributed by atoms with van der Waals surface area (Å²) in [6.07, 6.45) is 3.26. The monoisotopic (exact) mass is 390 g/mol. The van der Waals surface area contributed by atoms with E-state index in [1.165, 1.54) is 12.0 Å². The molecule has 0 N–H and O–H groups in total. The summed E-state index contributed by atoms with van der Waals surface area (Å²) >= 11 is 7.43. The minimum atomic E-state index is 0.349. The van der Waals surface area contributed by atoms with E-state index in [4.69, 9.17) is 9.47 Å². The molecule has 2 nitrogen and oxygen atoms in total. The number of benzene rings is 1. The molecule has 2 rings (SSSR count). The van der Waals surface area contributed by atoms with Gasteiger partial charge in [0.15, 0.2) is 11.5 Å². The highest BCUT2D eigenvalue weighted by Crippen LogP contribution is 2.41. The summed E-state index contributed by atoms with van der Waals surface area (Å²) in [5, 5.41) is 0. The number of rotatable bonds is 4. The fraction of sp³-hybridized carbons (Fsp3) is 0.600. The third-order valence-electron chi connectivity index (χ3n) is 3.20. The largest absolute Gasteiger partial charge is 0.490 e. The Morgan fingerprint density at radius 2 is 1.74 bits per heavy atom. The van der Waals surface area contributed by atoms with E-state index in [2.05, 4.69) is 51.8 Å². The van der Waals surface area contributed by atoms with Crippen LogP contribution in [0, 0.1) is 5.92 Å². The number of hydrogen-bond donors (Lipinski definition) is 0. The summed E-state index contributed by atoms with van der Waals surface area (Å²) < 4.78 is 12.5. The van der Waals surface area contributed by atoms with Gasteiger partial charge in [0, 0.05) is 15.7 Å². The van der Waals surface area contributed by atoms with Gasteiger partial charge in [-0.2, -0.15) is 0 Å². The van der Waals surface area contributed by atoms with Crippen LogP contribution in [0.3, 0.4) is 0 Å². The highest BCUT2D eigenvalue weighted by Gasteiger charge is 2.18. The average Bonchev–Trinajstić information content (AvgIpc) is 2.59. The summed E-state index contributed by atoms with van der Waals surface area (Å²) in [7, 11) is 0. The predicted molar refractivity (Wildman–Crippen MR) is 85.5 cm³/mol. The van der Waals surface area contributed by atoms with Crippen LogP contribution in [0.25, 0.3) is 0 Å². The van der Waals surface area contributed by atoms with Gasteiger partial charge in [0.05, 0.1) is 13.2 Å². The molecule has 0 bridgehead atoms. The van der Waals surface area contributed by atoms with Crippen molar-refractivity contribution in [2.75, 3.05) is 13.2 Å². The smallest absolute Gasteiger partial charge is 0.162 e. The van der Waals surface area contributed by atoms with Crippen molar-refractivity contribution < 1.29 is 9.47 Å². The van der Waals surface area contributed by atoms with Gasteiger partial charge >= 0.3 is 0 Å². The van der Waals surface area contributed by atoms with E-state index in [9.17, 15) is 0 Å². The van der Waals surface area contributed by atoms with Gasteiger partial charge in [0.25, 0.3) is 0 Å². The number of alkyl halides is 1. The van der Waals surface area contributed by atoms with Crippen molar-refractivity contribution in [2.45, 2.75) is 37.9 Å². The second-order valence-corrected chi connectivity index (χ2v) is 7.27. The van der Waals surface area contributed by atoms with Crippen molar-refractivity contribution in [1.29, 1.82) is 0 Å². The molecular formula is C15H20Br2O2. The van der Waals surface area contributed by atoms with Crippen LogP contribution in [-0.4, -0.2) is 13.2 Å². The predicted octanol–water partition coefficient (Wildman–Crippen LogP) is 5.48. The Labute approximate surface area is 132 Å². The molecule has 0 aromatic heterocycles. The Hall–Kier alpha value is -0.220. The molecule has 1 unspecified atom stereocenters. The topological polar surface area (TPSA) is 18.5 Å².